The van der Waals surface area contributed by atoms with E-state index in [4.69, 9.17) is 11.6 Å². The molecule has 0 atom stereocenters. The standard InChI is InChI=1S/C13H15ClN4S/c1-2-9-6-16-12(19-9)7-15-11-5-10(14)17-13(18-11)8-3-4-8/h5-6,8H,2-4,7H2,1H3,(H,15,17,18). The van der Waals surface area contributed by atoms with E-state index in [1.165, 1.54) is 17.7 Å². The number of thiazole rings is 1. The Morgan fingerprint density at radius 3 is 2.95 bits per heavy atom. The van der Waals surface area contributed by atoms with E-state index < -0.39 is 0 Å². The number of rotatable bonds is 5. The number of halogens is 1. The summed E-state index contributed by atoms with van der Waals surface area (Å²) in [5.41, 5.74) is 0. The second-order valence-electron chi connectivity index (χ2n) is 4.64. The maximum absolute atomic E-state index is 6.03. The normalized spacial score (nSPS) is 14.6. The van der Waals surface area contributed by atoms with Crippen molar-refractivity contribution in [2.45, 2.75) is 38.6 Å². The van der Waals surface area contributed by atoms with Crippen LogP contribution < -0.4 is 5.32 Å². The first-order valence-electron chi connectivity index (χ1n) is 6.46. The molecule has 0 saturated heterocycles. The highest BCUT2D eigenvalue weighted by Gasteiger charge is 2.27. The van der Waals surface area contributed by atoms with Crippen LogP contribution in [0, 0.1) is 0 Å². The predicted molar refractivity (Wildman–Crippen MR) is 77.8 cm³/mol. The van der Waals surface area contributed by atoms with Crippen LogP contribution in [0.2, 0.25) is 5.15 Å². The maximum Gasteiger partial charge on any atom is 0.135 e. The fraction of sp³-hybridized carbons (Fsp3) is 0.462. The molecule has 0 aliphatic heterocycles. The summed E-state index contributed by atoms with van der Waals surface area (Å²) >= 11 is 7.76. The van der Waals surface area contributed by atoms with Crippen molar-refractivity contribution >= 4 is 28.8 Å². The second-order valence-corrected chi connectivity index (χ2v) is 6.22. The monoisotopic (exact) mass is 294 g/mol. The summed E-state index contributed by atoms with van der Waals surface area (Å²) in [6.45, 7) is 2.82. The Morgan fingerprint density at radius 1 is 1.42 bits per heavy atom. The van der Waals surface area contributed by atoms with E-state index in [0.29, 0.717) is 17.6 Å². The smallest absolute Gasteiger partial charge is 0.135 e. The van der Waals surface area contributed by atoms with Crippen LogP contribution in [0.4, 0.5) is 5.82 Å². The maximum atomic E-state index is 6.03. The van der Waals surface area contributed by atoms with Gasteiger partial charge in [0.25, 0.3) is 0 Å². The van der Waals surface area contributed by atoms with Crippen molar-refractivity contribution in [1.29, 1.82) is 0 Å². The van der Waals surface area contributed by atoms with Crippen LogP contribution in [0.5, 0.6) is 0 Å². The molecular weight excluding hydrogens is 280 g/mol. The zero-order valence-electron chi connectivity index (χ0n) is 10.7. The van der Waals surface area contributed by atoms with Crippen molar-refractivity contribution in [3.8, 4) is 0 Å². The molecule has 6 heteroatoms. The zero-order valence-corrected chi connectivity index (χ0v) is 12.3. The van der Waals surface area contributed by atoms with E-state index in [9.17, 15) is 0 Å². The Morgan fingerprint density at radius 2 is 2.26 bits per heavy atom. The van der Waals surface area contributed by atoms with Gasteiger partial charge in [0.05, 0.1) is 6.54 Å². The van der Waals surface area contributed by atoms with Crippen LogP contribution in [0.3, 0.4) is 0 Å². The van der Waals surface area contributed by atoms with Crippen LogP contribution in [-0.4, -0.2) is 15.0 Å². The summed E-state index contributed by atoms with van der Waals surface area (Å²) in [5.74, 6) is 2.16. The highest BCUT2D eigenvalue weighted by atomic mass is 35.5. The lowest BCUT2D eigenvalue weighted by molar-refractivity contribution is 0.920. The van der Waals surface area contributed by atoms with Crippen molar-refractivity contribution in [1.82, 2.24) is 15.0 Å². The van der Waals surface area contributed by atoms with Gasteiger partial charge in [0.2, 0.25) is 0 Å². The number of anilines is 1. The Kier molecular flexibility index (Phi) is 3.66. The van der Waals surface area contributed by atoms with E-state index in [0.717, 1.165) is 23.1 Å². The van der Waals surface area contributed by atoms with Gasteiger partial charge in [-0.3, -0.25) is 0 Å². The highest BCUT2D eigenvalue weighted by molar-refractivity contribution is 7.11. The van der Waals surface area contributed by atoms with Crippen molar-refractivity contribution in [2.75, 3.05) is 5.32 Å². The number of hydrogen-bond acceptors (Lipinski definition) is 5. The lowest BCUT2D eigenvalue weighted by Crippen LogP contribution is -2.04. The van der Waals surface area contributed by atoms with Gasteiger partial charge in [0.15, 0.2) is 0 Å². The minimum absolute atomic E-state index is 0.505. The minimum atomic E-state index is 0.505. The first kappa shape index (κ1) is 12.8. The highest BCUT2D eigenvalue weighted by Crippen LogP contribution is 2.38. The SMILES string of the molecule is CCc1cnc(CNc2cc(Cl)nc(C3CC3)n2)s1. The Hall–Kier alpha value is -1.20. The fourth-order valence-corrected chi connectivity index (χ4v) is 2.80. The molecule has 0 bridgehead atoms. The van der Waals surface area contributed by atoms with Gasteiger partial charge in [0.1, 0.15) is 21.8 Å². The predicted octanol–water partition coefficient (Wildman–Crippen LogP) is 3.64. The molecule has 0 unspecified atom stereocenters. The minimum Gasteiger partial charge on any atom is -0.363 e. The molecule has 2 aromatic rings. The quantitative estimate of drug-likeness (QED) is 0.856. The number of hydrogen-bond donors (Lipinski definition) is 1. The number of nitrogens with one attached hydrogen (secondary N) is 1. The molecule has 4 nitrogen and oxygen atoms in total. The number of nitrogens with zero attached hydrogens (tertiary/aromatic N) is 3. The van der Waals surface area contributed by atoms with Crippen LogP contribution in [0.25, 0.3) is 0 Å². The Bertz CT molecular complexity index is 580. The molecule has 3 rings (SSSR count). The largest absolute Gasteiger partial charge is 0.363 e. The lowest BCUT2D eigenvalue weighted by atomic mass is 10.4. The third-order valence-corrected chi connectivity index (χ3v) is 4.36. The lowest BCUT2D eigenvalue weighted by Gasteiger charge is -2.05. The molecule has 1 fully saturated rings. The first-order valence-corrected chi connectivity index (χ1v) is 7.66. The molecule has 1 N–H and O–H groups in total. The van der Waals surface area contributed by atoms with Gasteiger partial charge in [-0.25, -0.2) is 15.0 Å². The van der Waals surface area contributed by atoms with Crippen molar-refractivity contribution < 1.29 is 0 Å². The molecule has 0 aromatic carbocycles. The molecule has 19 heavy (non-hydrogen) atoms. The zero-order chi connectivity index (χ0) is 13.2. The van der Waals surface area contributed by atoms with Crippen LogP contribution in [-0.2, 0) is 13.0 Å². The van der Waals surface area contributed by atoms with Gasteiger partial charge in [-0.2, -0.15) is 0 Å². The van der Waals surface area contributed by atoms with Crippen molar-refractivity contribution in [3.05, 3.63) is 33.1 Å². The Balaban J connectivity index is 1.68. The summed E-state index contributed by atoms with van der Waals surface area (Å²) in [6, 6.07) is 1.77. The van der Waals surface area contributed by atoms with Gasteiger partial charge in [0, 0.05) is 23.1 Å². The second kappa shape index (κ2) is 5.43. The van der Waals surface area contributed by atoms with Crippen LogP contribution in [0.1, 0.15) is 41.4 Å². The van der Waals surface area contributed by atoms with Crippen LogP contribution in [0.15, 0.2) is 12.3 Å². The average molecular weight is 295 g/mol. The third kappa shape index (κ3) is 3.22. The van der Waals surface area contributed by atoms with Crippen LogP contribution >= 0.6 is 22.9 Å². The van der Waals surface area contributed by atoms with E-state index in [2.05, 4.69) is 27.2 Å². The number of aromatic nitrogens is 3. The van der Waals surface area contributed by atoms with Crippen molar-refractivity contribution in [2.24, 2.45) is 0 Å². The summed E-state index contributed by atoms with van der Waals surface area (Å²) < 4.78 is 0. The number of aryl methyl sites for hydroxylation is 1. The molecule has 1 aliphatic rings. The molecule has 2 aromatic heterocycles. The topological polar surface area (TPSA) is 50.7 Å². The molecular formula is C13H15ClN4S. The summed E-state index contributed by atoms with van der Waals surface area (Å²) in [5, 5.41) is 4.85. The van der Waals surface area contributed by atoms with E-state index >= 15 is 0 Å². The van der Waals surface area contributed by atoms with E-state index in [1.807, 2.05) is 6.20 Å². The van der Waals surface area contributed by atoms with E-state index in [-0.39, 0.29) is 0 Å². The van der Waals surface area contributed by atoms with Gasteiger partial charge in [-0.15, -0.1) is 11.3 Å². The molecule has 0 amide bonds. The average Bonchev–Trinajstić information content (AvgIpc) is 3.15. The molecule has 1 aliphatic carbocycles. The summed E-state index contributed by atoms with van der Waals surface area (Å²) in [6.07, 6.45) is 5.31. The van der Waals surface area contributed by atoms with Gasteiger partial charge < -0.3 is 5.32 Å². The Labute approximate surface area is 121 Å². The first-order chi connectivity index (χ1) is 9.24. The molecule has 1 saturated carbocycles. The van der Waals surface area contributed by atoms with Gasteiger partial charge in [-0.05, 0) is 19.3 Å². The molecule has 100 valence electrons. The van der Waals surface area contributed by atoms with E-state index in [1.54, 1.807) is 17.4 Å². The molecule has 2 heterocycles. The van der Waals surface area contributed by atoms with Gasteiger partial charge >= 0.3 is 0 Å². The third-order valence-electron chi connectivity index (χ3n) is 3.03. The van der Waals surface area contributed by atoms with Crippen molar-refractivity contribution in [3.63, 3.8) is 0 Å². The molecule has 0 spiro atoms. The summed E-state index contributed by atoms with van der Waals surface area (Å²) in [7, 11) is 0. The molecule has 0 radical (unpaired) electrons. The summed E-state index contributed by atoms with van der Waals surface area (Å²) in [4.78, 5) is 14.5. The van der Waals surface area contributed by atoms with Gasteiger partial charge in [-0.1, -0.05) is 18.5 Å². The fourth-order valence-electron chi connectivity index (χ4n) is 1.81.